The number of rotatable bonds is 6. The fraction of sp³-hybridized carbons (Fsp3) is 0.333. The maximum absolute atomic E-state index is 13.1. The third-order valence-electron chi connectivity index (χ3n) is 4.71. The standard InChI is InChI=1S/C21H25BrN2O2/c1-6-10-17-13(4)24(26)14(5)18(19(17)22)21(25)23-20-15(7-2)11-9-12-16(20)8-3/h6,9,11-12H,1,7-8,10H2,2-5H3,(H,23,25). The summed E-state index contributed by atoms with van der Waals surface area (Å²) in [6.45, 7) is 11.3. The summed E-state index contributed by atoms with van der Waals surface area (Å²) in [5, 5.41) is 15.6. The molecule has 0 saturated carbocycles. The fourth-order valence-electron chi connectivity index (χ4n) is 3.17. The molecule has 1 aromatic carbocycles. The van der Waals surface area contributed by atoms with Gasteiger partial charge in [-0.15, -0.1) is 6.58 Å². The molecule has 0 atom stereocenters. The number of carbonyl (C=O) groups is 1. The number of carbonyl (C=O) groups excluding carboxylic acids is 1. The summed E-state index contributed by atoms with van der Waals surface area (Å²) in [5.74, 6) is -0.278. The van der Waals surface area contributed by atoms with Crippen LogP contribution < -0.4 is 10.0 Å². The highest BCUT2D eigenvalue weighted by Crippen LogP contribution is 2.29. The lowest BCUT2D eigenvalue weighted by molar-refractivity contribution is -0.619. The highest BCUT2D eigenvalue weighted by molar-refractivity contribution is 9.10. The van der Waals surface area contributed by atoms with Crippen LogP contribution in [-0.2, 0) is 19.3 Å². The van der Waals surface area contributed by atoms with Crippen LogP contribution in [-0.4, -0.2) is 5.91 Å². The molecule has 5 heteroatoms. The zero-order valence-electron chi connectivity index (χ0n) is 15.8. The van der Waals surface area contributed by atoms with Crippen LogP contribution in [0.3, 0.4) is 0 Å². The number of aryl methyl sites for hydroxylation is 2. The van der Waals surface area contributed by atoms with Gasteiger partial charge in [-0.1, -0.05) is 38.1 Å². The molecule has 0 radical (unpaired) electrons. The van der Waals surface area contributed by atoms with Gasteiger partial charge >= 0.3 is 0 Å². The number of amides is 1. The van der Waals surface area contributed by atoms with Crippen molar-refractivity contribution >= 4 is 27.5 Å². The Kier molecular flexibility index (Phi) is 6.59. The number of hydrogen-bond acceptors (Lipinski definition) is 2. The molecule has 0 aliphatic heterocycles. The van der Waals surface area contributed by atoms with E-state index in [0.29, 0.717) is 27.8 Å². The van der Waals surface area contributed by atoms with Crippen molar-refractivity contribution in [1.29, 1.82) is 0 Å². The lowest BCUT2D eigenvalue weighted by atomic mass is 10.0. The van der Waals surface area contributed by atoms with E-state index >= 15 is 0 Å². The topological polar surface area (TPSA) is 56.0 Å². The number of para-hydroxylation sites is 1. The summed E-state index contributed by atoms with van der Waals surface area (Å²) in [5.41, 5.74) is 5.12. The van der Waals surface area contributed by atoms with Gasteiger partial charge in [-0.3, -0.25) is 4.79 Å². The molecule has 138 valence electrons. The lowest BCUT2D eigenvalue weighted by Gasteiger charge is -2.18. The first kappa shape index (κ1) is 20.2. The minimum absolute atomic E-state index is 0.278. The van der Waals surface area contributed by atoms with Gasteiger partial charge in [-0.05, 0) is 46.3 Å². The van der Waals surface area contributed by atoms with Crippen LogP contribution in [0.5, 0.6) is 0 Å². The third kappa shape index (κ3) is 3.68. The van der Waals surface area contributed by atoms with Gasteiger partial charge in [0.15, 0.2) is 5.69 Å². The number of nitrogens with one attached hydrogen (secondary N) is 1. The Labute approximate surface area is 163 Å². The minimum atomic E-state index is -0.278. The quantitative estimate of drug-likeness (QED) is 0.417. The Morgan fingerprint density at radius 3 is 2.31 bits per heavy atom. The maximum atomic E-state index is 13.1. The van der Waals surface area contributed by atoms with Crippen molar-refractivity contribution in [2.45, 2.75) is 47.0 Å². The number of benzene rings is 1. The number of anilines is 1. The number of pyridine rings is 1. The Morgan fingerprint density at radius 2 is 1.81 bits per heavy atom. The van der Waals surface area contributed by atoms with E-state index in [4.69, 9.17) is 0 Å². The molecule has 0 spiro atoms. The van der Waals surface area contributed by atoms with Crippen molar-refractivity contribution < 1.29 is 9.52 Å². The average Bonchev–Trinajstić information content (AvgIpc) is 2.63. The van der Waals surface area contributed by atoms with E-state index in [1.165, 1.54) is 0 Å². The number of nitrogens with zero attached hydrogens (tertiary/aromatic N) is 1. The van der Waals surface area contributed by atoms with Crippen LogP contribution in [0.2, 0.25) is 0 Å². The fourth-order valence-corrected chi connectivity index (χ4v) is 4.08. The van der Waals surface area contributed by atoms with Crippen LogP contribution >= 0.6 is 15.9 Å². The first-order valence-corrected chi connectivity index (χ1v) is 9.60. The molecule has 1 aromatic heterocycles. The molecule has 0 unspecified atom stereocenters. The molecule has 1 N–H and O–H groups in total. The molecule has 0 bridgehead atoms. The van der Waals surface area contributed by atoms with Crippen LogP contribution in [0, 0.1) is 19.1 Å². The smallest absolute Gasteiger partial charge is 0.263 e. The number of hydrogen-bond donors (Lipinski definition) is 1. The molecular formula is C21H25BrN2O2. The predicted molar refractivity (Wildman–Crippen MR) is 110 cm³/mol. The second-order valence-electron chi connectivity index (χ2n) is 6.24. The summed E-state index contributed by atoms with van der Waals surface area (Å²) in [7, 11) is 0. The third-order valence-corrected chi connectivity index (χ3v) is 5.58. The number of aromatic nitrogens is 1. The van der Waals surface area contributed by atoms with Crippen LogP contribution in [0.15, 0.2) is 35.3 Å². The normalized spacial score (nSPS) is 10.7. The molecule has 26 heavy (non-hydrogen) atoms. The van der Waals surface area contributed by atoms with E-state index in [0.717, 1.165) is 39.9 Å². The molecule has 2 rings (SSSR count). The molecule has 0 saturated heterocycles. The van der Waals surface area contributed by atoms with Crippen molar-refractivity contribution in [3.05, 3.63) is 74.2 Å². The van der Waals surface area contributed by atoms with Crippen molar-refractivity contribution in [2.75, 3.05) is 5.32 Å². The van der Waals surface area contributed by atoms with E-state index in [2.05, 4.69) is 41.7 Å². The van der Waals surface area contributed by atoms with Gasteiger partial charge in [-0.25, -0.2) is 0 Å². The van der Waals surface area contributed by atoms with Gasteiger partial charge < -0.3 is 10.5 Å². The Bertz CT molecular complexity index is 838. The van der Waals surface area contributed by atoms with Gasteiger partial charge in [-0.2, -0.15) is 4.73 Å². The Hall–Kier alpha value is -2.14. The van der Waals surface area contributed by atoms with Crippen molar-refractivity contribution in [1.82, 2.24) is 0 Å². The molecular weight excluding hydrogens is 392 g/mol. The van der Waals surface area contributed by atoms with E-state index in [1.807, 2.05) is 18.2 Å². The molecule has 0 aliphatic rings. The van der Waals surface area contributed by atoms with E-state index in [1.54, 1.807) is 19.9 Å². The van der Waals surface area contributed by atoms with Gasteiger partial charge in [0.2, 0.25) is 5.69 Å². The van der Waals surface area contributed by atoms with E-state index < -0.39 is 0 Å². The number of halogens is 1. The molecule has 4 nitrogen and oxygen atoms in total. The van der Waals surface area contributed by atoms with Crippen molar-refractivity contribution in [3.8, 4) is 0 Å². The zero-order chi connectivity index (χ0) is 19.4. The predicted octanol–water partition coefficient (Wildman–Crippen LogP) is 4.80. The van der Waals surface area contributed by atoms with Gasteiger partial charge in [0, 0.05) is 29.6 Å². The van der Waals surface area contributed by atoms with Gasteiger partial charge in [0.05, 0.1) is 0 Å². The summed E-state index contributed by atoms with van der Waals surface area (Å²) in [6.07, 6.45) is 3.88. The molecule has 0 aliphatic carbocycles. The molecule has 0 fully saturated rings. The van der Waals surface area contributed by atoms with Crippen LogP contribution in [0.25, 0.3) is 0 Å². The zero-order valence-corrected chi connectivity index (χ0v) is 17.4. The molecule has 1 heterocycles. The maximum Gasteiger partial charge on any atom is 0.263 e. The number of allylic oxidation sites excluding steroid dienone is 1. The second-order valence-corrected chi connectivity index (χ2v) is 7.03. The second kappa shape index (κ2) is 8.49. The van der Waals surface area contributed by atoms with Crippen LogP contribution in [0.1, 0.15) is 52.3 Å². The van der Waals surface area contributed by atoms with Crippen molar-refractivity contribution in [3.63, 3.8) is 0 Å². The van der Waals surface area contributed by atoms with Crippen molar-refractivity contribution in [2.24, 2.45) is 0 Å². The summed E-state index contributed by atoms with van der Waals surface area (Å²) >= 11 is 3.54. The minimum Gasteiger partial charge on any atom is -0.618 e. The van der Waals surface area contributed by atoms with Gasteiger partial charge in [0.25, 0.3) is 5.91 Å². The van der Waals surface area contributed by atoms with Gasteiger partial charge in [0.1, 0.15) is 5.56 Å². The highest BCUT2D eigenvalue weighted by atomic mass is 79.9. The molecule has 2 aromatic rings. The highest BCUT2D eigenvalue weighted by Gasteiger charge is 2.26. The summed E-state index contributed by atoms with van der Waals surface area (Å²) in [4.78, 5) is 13.1. The lowest BCUT2D eigenvalue weighted by Crippen LogP contribution is -2.38. The Morgan fingerprint density at radius 1 is 1.23 bits per heavy atom. The Balaban J connectivity index is 2.57. The summed E-state index contributed by atoms with van der Waals surface area (Å²) < 4.78 is 1.48. The first-order chi connectivity index (χ1) is 12.4. The van der Waals surface area contributed by atoms with Crippen LogP contribution in [0.4, 0.5) is 5.69 Å². The van der Waals surface area contributed by atoms with E-state index in [9.17, 15) is 10.0 Å². The van der Waals surface area contributed by atoms with E-state index in [-0.39, 0.29) is 5.91 Å². The largest absolute Gasteiger partial charge is 0.618 e. The SMILES string of the molecule is C=CCc1c(Br)c(C(=O)Nc2c(CC)cccc2CC)c(C)[n+]([O-])c1C. The molecule has 1 amide bonds. The average molecular weight is 417 g/mol. The monoisotopic (exact) mass is 416 g/mol. The summed E-state index contributed by atoms with van der Waals surface area (Å²) in [6, 6.07) is 6.04. The first-order valence-electron chi connectivity index (χ1n) is 8.81.